The van der Waals surface area contributed by atoms with Crippen LogP contribution in [0.25, 0.3) is 0 Å². The molecule has 4 N–H and O–H groups in total. The van der Waals surface area contributed by atoms with E-state index in [-0.39, 0.29) is 37.0 Å². The van der Waals surface area contributed by atoms with E-state index in [9.17, 15) is 25.3 Å². The van der Waals surface area contributed by atoms with Crippen LogP contribution in [0.5, 0.6) is 0 Å². The summed E-state index contributed by atoms with van der Waals surface area (Å²) < 4.78 is 44.8. The van der Waals surface area contributed by atoms with Crippen molar-refractivity contribution in [2.24, 2.45) is 28.8 Å². The second-order valence-electron chi connectivity index (χ2n) is 19.4. The lowest BCUT2D eigenvalue weighted by Gasteiger charge is -2.49. The maximum atomic E-state index is 14.2. The molecule has 0 radical (unpaired) electrons. The third-order valence-electron chi connectivity index (χ3n) is 12.8. The molecule has 0 aromatic heterocycles. The van der Waals surface area contributed by atoms with Crippen molar-refractivity contribution in [1.29, 1.82) is 0 Å². The van der Waals surface area contributed by atoms with E-state index in [1.807, 2.05) is 60.4 Å². The zero-order valence-corrected chi connectivity index (χ0v) is 40.2. The number of hydrogen-bond acceptors (Lipinski definition) is 14. The maximum Gasteiger partial charge on any atom is 0.311 e. The van der Waals surface area contributed by atoms with Gasteiger partial charge < -0.3 is 53.7 Å². The zero-order valence-electron chi connectivity index (χ0n) is 40.2. The Morgan fingerprint density at radius 1 is 1.10 bits per heavy atom. The molecule has 0 aromatic carbocycles. The highest BCUT2D eigenvalue weighted by atomic mass is 16.7. The minimum Gasteiger partial charge on any atom is -0.459 e. The van der Waals surface area contributed by atoms with E-state index in [2.05, 4.69) is 24.6 Å². The van der Waals surface area contributed by atoms with Crippen LogP contribution in [0.2, 0.25) is 0 Å². The molecule has 2 fully saturated rings. The Labute approximate surface area is 368 Å². The smallest absolute Gasteiger partial charge is 0.311 e. The molecule has 0 aliphatic carbocycles. The number of carbonyl (C=O) groups excluding carboxylic acids is 1. The van der Waals surface area contributed by atoms with Crippen LogP contribution in [0.1, 0.15) is 135 Å². The third kappa shape index (κ3) is 15.5. The van der Waals surface area contributed by atoms with Crippen molar-refractivity contribution in [2.75, 3.05) is 27.3 Å². The number of esters is 1. The Kier molecular flexibility index (Phi) is 21.8. The summed E-state index contributed by atoms with van der Waals surface area (Å²) in [5.41, 5.74) is -1.78. The Morgan fingerprint density at radius 2 is 1.74 bits per heavy atom. The Bertz CT molecular complexity index is 1430. The van der Waals surface area contributed by atoms with Crippen molar-refractivity contribution in [3.63, 3.8) is 0 Å². The summed E-state index contributed by atoms with van der Waals surface area (Å²) in [5.74, 6) is 0.739. The van der Waals surface area contributed by atoms with Crippen molar-refractivity contribution in [1.82, 2.24) is 4.90 Å². The number of carbonyl (C=O) groups is 1. The summed E-state index contributed by atoms with van der Waals surface area (Å²) in [7, 11) is 3.45. The van der Waals surface area contributed by atoms with E-state index in [4.69, 9.17) is 39.6 Å². The lowest BCUT2D eigenvalue weighted by atomic mass is 9.81. The molecular formula is C47H84N2O12. The first-order valence-electron chi connectivity index (χ1n) is 22.4. The average molecular weight is 869 g/mol. The number of aliphatic hydroxyl groups is 3. The maximum absolute atomic E-state index is 14.2. The van der Waals surface area contributed by atoms with Crippen molar-refractivity contribution in [3.8, 4) is 12.3 Å². The summed E-state index contributed by atoms with van der Waals surface area (Å²) in [5, 5.41) is 46.8. The molecule has 14 nitrogen and oxygen atoms in total. The monoisotopic (exact) mass is 869 g/mol. The van der Waals surface area contributed by atoms with E-state index >= 15 is 0 Å². The molecule has 1 unspecified atom stereocenters. The SMILES string of the molecule is C#CCCN(C)[C@H]1C[C@@H](C)O[C@@H](O[C@H]([C@@H](C)C(O[C@H]2C[C@@](C)(OC)[C@@H](O)[C@H](C)O2)[C@@H](C)C(=O)O[C@H](CC)C(C)(C)O)C(C)(C)OCC(=C)CCC[C@@H](C)/C(=N/O)C(C)C)[C@@H]1O. The second-order valence-corrected chi connectivity index (χ2v) is 19.4. The van der Waals surface area contributed by atoms with Crippen LogP contribution in [0.3, 0.4) is 0 Å². The van der Waals surface area contributed by atoms with Crippen molar-refractivity contribution in [3.05, 3.63) is 12.2 Å². The number of oxime groups is 1. The summed E-state index contributed by atoms with van der Waals surface area (Å²) >= 11 is 0. The lowest BCUT2D eigenvalue weighted by molar-refractivity contribution is -0.318. The van der Waals surface area contributed by atoms with Gasteiger partial charge in [-0.1, -0.05) is 51.9 Å². The fourth-order valence-corrected chi connectivity index (χ4v) is 8.83. The number of hydrogen-bond donors (Lipinski definition) is 4. The third-order valence-corrected chi connectivity index (χ3v) is 12.8. The number of ether oxygens (including phenoxy) is 7. The largest absolute Gasteiger partial charge is 0.459 e. The molecule has 14 heteroatoms. The van der Waals surface area contributed by atoms with Gasteiger partial charge in [-0.3, -0.25) is 9.69 Å². The molecule has 0 saturated carbocycles. The highest BCUT2D eigenvalue weighted by Crippen LogP contribution is 2.39. The van der Waals surface area contributed by atoms with E-state index in [1.165, 1.54) is 7.11 Å². The van der Waals surface area contributed by atoms with Crippen LogP contribution in [0.15, 0.2) is 17.3 Å². The lowest BCUT2D eigenvalue weighted by Crippen LogP contribution is -2.60. The normalized spacial score (nSPS) is 29.7. The van der Waals surface area contributed by atoms with Gasteiger partial charge in [-0.05, 0) is 106 Å². The number of aliphatic hydroxyl groups excluding tert-OH is 2. The van der Waals surface area contributed by atoms with Gasteiger partial charge in [0.25, 0.3) is 0 Å². The van der Waals surface area contributed by atoms with Crippen LogP contribution in [0, 0.1) is 36.0 Å². The standard InChI is InChI=1S/C47H84N2O12/c1-18-20-24-49(16)35-25-31(7)57-44(39(35)50)61-42(46(13,14)56-27-29(5)22-21-23-30(6)38(48-54)28(3)4)32(8)40(33(9)43(52)59-36(19-2)45(11,12)53)60-37-26-47(15,55-17)41(51)34(10)58-37/h1,28,30-37,39-42,44,50-51,53-54H,5,19-27H2,2-4,6-17H3/b48-38+/t30-,31-,32+,33-,34+,35+,36-,37+,39-,40?,41+,42-,44+,47-/m1/s1. The van der Waals surface area contributed by atoms with Crippen molar-refractivity contribution in [2.45, 2.75) is 213 Å². The molecule has 0 amide bonds. The molecule has 2 saturated heterocycles. The summed E-state index contributed by atoms with van der Waals surface area (Å²) in [6.45, 7) is 29.1. The van der Waals surface area contributed by atoms with Crippen molar-refractivity contribution < 1.29 is 58.5 Å². The van der Waals surface area contributed by atoms with Gasteiger partial charge in [-0.2, -0.15) is 0 Å². The van der Waals surface area contributed by atoms with Gasteiger partial charge in [0.1, 0.15) is 18.3 Å². The second kappa shape index (κ2) is 24.2. The van der Waals surface area contributed by atoms with Crippen LogP contribution in [-0.4, -0.2) is 143 Å². The van der Waals surface area contributed by atoms with E-state index in [0.29, 0.717) is 32.2 Å². The number of rotatable bonds is 25. The summed E-state index contributed by atoms with van der Waals surface area (Å²) in [6, 6.07) is -0.319. The first-order chi connectivity index (χ1) is 28.3. The van der Waals surface area contributed by atoms with Crippen LogP contribution >= 0.6 is 0 Å². The van der Waals surface area contributed by atoms with Gasteiger partial charge in [0, 0.05) is 38.5 Å². The first kappa shape index (κ1) is 55.0. The van der Waals surface area contributed by atoms with Gasteiger partial charge in [0.05, 0.1) is 59.5 Å². The molecule has 354 valence electrons. The molecular weight excluding hydrogens is 785 g/mol. The van der Waals surface area contributed by atoms with Crippen LogP contribution in [0.4, 0.5) is 0 Å². The van der Waals surface area contributed by atoms with Gasteiger partial charge in [-0.25, -0.2) is 0 Å². The number of likely N-dealkylation sites (N-methyl/N-ethyl adjacent to an activating group) is 1. The molecule has 2 aliphatic heterocycles. The van der Waals surface area contributed by atoms with Gasteiger partial charge in [0.15, 0.2) is 12.6 Å². The van der Waals surface area contributed by atoms with Gasteiger partial charge in [-0.15, -0.1) is 12.3 Å². The number of nitrogens with zero attached hydrogens (tertiary/aromatic N) is 2. The highest BCUT2D eigenvalue weighted by molar-refractivity contribution is 5.87. The fourth-order valence-electron chi connectivity index (χ4n) is 8.83. The Balaban J connectivity index is 2.60. The molecule has 2 aliphatic rings. The minimum atomic E-state index is -1.30. The van der Waals surface area contributed by atoms with Crippen LogP contribution in [-0.2, 0) is 38.0 Å². The summed E-state index contributed by atoms with van der Waals surface area (Å²) in [4.78, 5) is 16.2. The topological polar surface area (TPSA) is 178 Å². The van der Waals surface area contributed by atoms with Crippen molar-refractivity contribution >= 4 is 11.7 Å². The molecule has 0 spiro atoms. The fraction of sp³-hybridized carbons (Fsp3) is 0.872. The number of terminal acetylenes is 1. The molecule has 0 bridgehead atoms. The zero-order chi connectivity index (χ0) is 46.6. The molecule has 14 atom stereocenters. The average Bonchev–Trinajstić information content (AvgIpc) is 3.18. The van der Waals surface area contributed by atoms with Gasteiger partial charge in [0.2, 0.25) is 0 Å². The van der Waals surface area contributed by atoms with E-state index in [0.717, 1.165) is 24.1 Å². The molecule has 61 heavy (non-hydrogen) atoms. The predicted molar refractivity (Wildman–Crippen MR) is 236 cm³/mol. The van der Waals surface area contributed by atoms with Gasteiger partial charge >= 0.3 is 5.97 Å². The molecule has 2 rings (SSSR count). The first-order valence-corrected chi connectivity index (χ1v) is 22.4. The minimum absolute atomic E-state index is 0.107. The number of methoxy groups -OCH3 is 1. The highest BCUT2D eigenvalue weighted by Gasteiger charge is 2.51. The predicted octanol–water partition coefficient (Wildman–Crippen LogP) is 6.49. The molecule has 0 aromatic rings. The Hall–Kier alpha value is -2.16. The van der Waals surface area contributed by atoms with Crippen LogP contribution < -0.4 is 0 Å². The summed E-state index contributed by atoms with van der Waals surface area (Å²) in [6.07, 6.45) is 1.94. The quantitative estimate of drug-likeness (QED) is 0.0196. The molecule has 2 heterocycles. The van der Waals surface area contributed by atoms with E-state index < -0.39 is 83.8 Å². The van der Waals surface area contributed by atoms with E-state index in [1.54, 1.807) is 34.6 Å². The Morgan fingerprint density at radius 3 is 2.28 bits per heavy atom.